The third-order valence-electron chi connectivity index (χ3n) is 3.95. The lowest BCUT2D eigenvalue weighted by Gasteiger charge is -2.31. The molecule has 0 spiro atoms. The number of benzene rings is 2. The van der Waals surface area contributed by atoms with E-state index in [1.165, 1.54) is 0 Å². The molecule has 22 heavy (non-hydrogen) atoms. The first-order valence-electron chi connectivity index (χ1n) is 7.54. The van der Waals surface area contributed by atoms with Crippen molar-refractivity contribution >= 4 is 5.97 Å². The summed E-state index contributed by atoms with van der Waals surface area (Å²) < 4.78 is 5.08. The summed E-state index contributed by atoms with van der Waals surface area (Å²) in [7, 11) is 0. The number of ether oxygens (including phenoxy) is 1. The van der Waals surface area contributed by atoms with E-state index in [4.69, 9.17) is 4.74 Å². The van der Waals surface area contributed by atoms with Crippen LogP contribution in [0.3, 0.4) is 0 Å². The lowest BCUT2D eigenvalue weighted by atomic mass is 9.72. The third-order valence-corrected chi connectivity index (χ3v) is 3.95. The Hall–Kier alpha value is -2.35. The number of carbonyl (C=O) groups excluding carboxylic acids is 1. The Kier molecular flexibility index (Phi) is 5.16. The number of esters is 1. The summed E-state index contributed by atoms with van der Waals surface area (Å²) in [6.45, 7) is 8.25. The smallest absolute Gasteiger partial charge is 0.333 e. The minimum absolute atomic E-state index is 0.313. The fraction of sp³-hybridized carbons (Fsp3) is 0.250. The van der Waals surface area contributed by atoms with E-state index in [2.05, 4.69) is 37.8 Å². The molecule has 0 aliphatic carbocycles. The molecule has 0 radical (unpaired) electrons. The molecule has 0 unspecified atom stereocenters. The molecule has 0 fully saturated rings. The molecule has 0 saturated heterocycles. The fourth-order valence-electron chi connectivity index (χ4n) is 2.71. The molecule has 0 aliphatic heterocycles. The van der Waals surface area contributed by atoms with Crippen molar-refractivity contribution in [3.8, 4) is 0 Å². The molecule has 2 heteroatoms. The van der Waals surface area contributed by atoms with Gasteiger partial charge in [0.1, 0.15) is 0 Å². The van der Waals surface area contributed by atoms with Crippen LogP contribution in [0.4, 0.5) is 0 Å². The van der Waals surface area contributed by atoms with Gasteiger partial charge in [-0.15, -0.1) is 0 Å². The monoisotopic (exact) mass is 294 g/mol. The number of hydrogen-bond donors (Lipinski definition) is 0. The fourth-order valence-corrected chi connectivity index (χ4v) is 2.71. The van der Waals surface area contributed by atoms with Gasteiger partial charge in [0, 0.05) is 11.0 Å². The molecule has 2 nitrogen and oxygen atoms in total. The molecule has 0 bridgehead atoms. The zero-order chi connectivity index (χ0) is 16.0. The molecule has 114 valence electrons. The van der Waals surface area contributed by atoms with E-state index >= 15 is 0 Å². The van der Waals surface area contributed by atoms with Crippen LogP contribution in [0.15, 0.2) is 72.8 Å². The van der Waals surface area contributed by atoms with Gasteiger partial charge in [0.25, 0.3) is 0 Å². The van der Waals surface area contributed by atoms with Crippen LogP contribution in [-0.2, 0) is 14.9 Å². The van der Waals surface area contributed by atoms with Gasteiger partial charge in [-0.2, -0.15) is 0 Å². The van der Waals surface area contributed by atoms with Crippen molar-refractivity contribution in [1.29, 1.82) is 0 Å². The van der Waals surface area contributed by atoms with Crippen molar-refractivity contribution in [3.05, 3.63) is 83.9 Å². The molecule has 0 amide bonds. The second-order valence-electron chi connectivity index (χ2n) is 5.56. The molecule has 0 atom stereocenters. The molecular weight excluding hydrogens is 272 g/mol. The summed E-state index contributed by atoms with van der Waals surface area (Å²) in [4.78, 5) is 12.0. The first-order chi connectivity index (χ1) is 10.6. The zero-order valence-electron chi connectivity index (χ0n) is 13.2. The maximum absolute atomic E-state index is 12.0. The van der Waals surface area contributed by atoms with Crippen LogP contribution in [0.25, 0.3) is 0 Å². The Morgan fingerprint density at radius 1 is 1.00 bits per heavy atom. The molecule has 0 aromatic heterocycles. The zero-order valence-corrected chi connectivity index (χ0v) is 13.2. The Morgan fingerprint density at radius 2 is 1.45 bits per heavy atom. The van der Waals surface area contributed by atoms with E-state index in [-0.39, 0.29) is 11.4 Å². The summed E-state index contributed by atoms with van der Waals surface area (Å²) in [6, 6.07) is 20.4. The van der Waals surface area contributed by atoms with Crippen LogP contribution in [0, 0.1) is 0 Å². The van der Waals surface area contributed by atoms with Crippen LogP contribution in [0.1, 0.15) is 31.4 Å². The average Bonchev–Trinajstić information content (AvgIpc) is 2.56. The summed E-state index contributed by atoms with van der Waals surface area (Å²) in [5.41, 5.74) is 2.50. The predicted octanol–water partition coefficient (Wildman–Crippen LogP) is 4.50. The van der Waals surface area contributed by atoms with Crippen molar-refractivity contribution in [2.24, 2.45) is 0 Å². The summed E-state index contributed by atoms with van der Waals surface area (Å²) in [5.74, 6) is -0.319. The summed E-state index contributed by atoms with van der Waals surface area (Å²) >= 11 is 0. The van der Waals surface area contributed by atoms with Gasteiger partial charge < -0.3 is 4.74 Å². The quantitative estimate of drug-likeness (QED) is 0.579. The van der Waals surface area contributed by atoms with Gasteiger partial charge in [-0.05, 0) is 24.5 Å². The first kappa shape index (κ1) is 16.0. The molecule has 0 heterocycles. The van der Waals surface area contributed by atoms with Gasteiger partial charge in [-0.25, -0.2) is 4.79 Å². The van der Waals surface area contributed by atoms with Gasteiger partial charge in [0.2, 0.25) is 0 Å². The SMILES string of the molecule is C=C(CC(C)(c1ccccc1)c1ccccc1)C(=O)OCC. The van der Waals surface area contributed by atoms with Crippen molar-refractivity contribution < 1.29 is 9.53 Å². The van der Waals surface area contributed by atoms with Crippen molar-refractivity contribution in [2.75, 3.05) is 6.61 Å². The highest BCUT2D eigenvalue weighted by atomic mass is 16.5. The van der Waals surface area contributed by atoms with Crippen molar-refractivity contribution in [3.63, 3.8) is 0 Å². The highest BCUT2D eigenvalue weighted by Crippen LogP contribution is 2.37. The maximum Gasteiger partial charge on any atom is 0.333 e. The van der Waals surface area contributed by atoms with Gasteiger partial charge in [0.15, 0.2) is 0 Å². The molecular formula is C20H22O2. The first-order valence-corrected chi connectivity index (χ1v) is 7.54. The number of hydrogen-bond acceptors (Lipinski definition) is 2. The average molecular weight is 294 g/mol. The minimum Gasteiger partial charge on any atom is -0.463 e. The molecule has 0 N–H and O–H groups in total. The topological polar surface area (TPSA) is 26.3 Å². The molecule has 0 saturated carbocycles. The van der Waals surface area contributed by atoms with E-state index in [0.29, 0.717) is 18.6 Å². The van der Waals surface area contributed by atoms with E-state index in [0.717, 1.165) is 11.1 Å². The Bertz CT molecular complexity index is 590. The highest BCUT2D eigenvalue weighted by molar-refractivity contribution is 5.88. The lowest BCUT2D eigenvalue weighted by molar-refractivity contribution is -0.138. The van der Waals surface area contributed by atoms with E-state index in [9.17, 15) is 4.79 Å². The van der Waals surface area contributed by atoms with Gasteiger partial charge >= 0.3 is 5.97 Å². The van der Waals surface area contributed by atoms with Crippen LogP contribution in [0.2, 0.25) is 0 Å². The van der Waals surface area contributed by atoms with Crippen molar-refractivity contribution in [1.82, 2.24) is 0 Å². The Balaban J connectivity index is 2.39. The minimum atomic E-state index is -0.319. The van der Waals surface area contributed by atoms with Crippen LogP contribution in [0.5, 0.6) is 0 Å². The molecule has 0 aliphatic rings. The highest BCUT2D eigenvalue weighted by Gasteiger charge is 2.31. The lowest BCUT2D eigenvalue weighted by Crippen LogP contribution is -2.26. The van der Waals surface area contributed by atoms with Gasteiger partial charge in [-0.3, -0.25) is 0 Å². The predicted molar refractivity (Wildman–Crippen MR) is 89.7 cm³/mol. The third kappa shape index (κ3) is 3.45. The Morgan fingerprint density at radius 3 is 1.86 bits per heavy atom. The summed E-state index contributed by atoms with van der Waals surface area (Å²) in [6.07, 6.45) is 0.528. The van der Waals surface area contributed by atoms with Gasteiger partial charge in [0.05, 0.1) is 6.61 Å². The van der Waals surface area contributed by atoms with Gasteiger partial charge in [-0.1, -0.05) is 74.2 Å². The Labute approximate surface area is 132 Å². The molecule has 2 aromatic carbocycles. The second kappa shape index (κ2) is 7.08. The maximum atomic E-state index is 12.0. The molecule has 2 aromatic rings. The standard InChI is InChI=1S/C20H22O2/c1-4-22-19(21)16(2)15-20(3,17-11-7-5-8-12-17)18-13-9-6-10-14-18/h5-14H,2,4,15H2,1,3H3. The number of rotatable bonds is 6. The normalized spacial score (nSPS) is 11.0. The van der Waals surface area contributed by atoms with Crippen LogP contribution >= 0.6 is 0 Å². The summed E-state index contributed by atoms with van der Waals surface area (Å²) in [5, 5.41) is 0. The van der Waals surface area contributed by atoms with Crippen molar-refractivity contribution in [2.45, 2.75) is 25.7 Å². The van der Waals surface area contributed by atoms with E-state index in [1.54, 1.807) is 6.92 Å². The van der Waals surface area contributed by atoms with Crippen LogP contribution in [-0.4, -0.2) is 12.6 Å². The second-order valence-corrected chi connectivity index (χ2v) is 5.56. The largest absolute Gasteiger partial charge is 0.463 e. The van der Waals surface area contributed by atoms with Crippen LogP contribution < -0.4 is 0 Å². The van der Waals surface area contributed by atoms with E-state index in [1.807, 2.05) is 36.4 Å². The number of carbonyl (C=O) groups is 1. The van der Waals surface area contributed by atoms with E-state index < -0.39 is 0 Å². The molecule has 2 rings (SSSR count).